The van der Waals surface area contributed by atoms with Gasteiger partial charge in [0.1, 0.15) is 23.9 Å². The first kappa shape index (κ1) is 26.1. The van der Waals surface area contributed by atoms with Gasteiger partial charge in [0.25, 0.3) is 0 Å². The Morgan fingerprint density at radius 3 is 2.19 bits per heavy atom. The highest BCUT2D eigenvalue weighted by molar-refractivity contribution is 5.65. The summed E-state index contributed by atoms with van der Waals surface area (Å²) in [5, 5.41) is 0. The van der Waals surface area contributed by atoms with Gasteiger partial charge < -0.3 is 9.47 Å². The van der Waals surface area contributed by atoms with Crippen LogP contribution >= 0.6 is 0 Å². The molecule has 0 aliphatic heterocycles. The van der Waals surface area contributed by atoms with Crippen LogP contribution in [0, 0.1) is 23.4 Å². The molecule has 0 aromatic heterocycles. The molecule has 0 N–H and O–H groups in total. The third-order valence-electron chi connectivity index (χ3n) is 7.43. The average Bonchev–Trinajstić information content (AvgIpc) is 2.90. The molecule has 1 aliphatic carbocycles. The van der Waals surface area contributed by atoms with Gasteiger partial charge in [0, 0.05) is 17.2 Å². The molecule has 1 aliphatic rings. The van der Waals surface area contributed by atoms with E-state index in [1.807, 2.05) is 0 Å². The highest BCUT2D eigenvalue weighted by Crippen LogP contribution is 2.40. The minimum atomic E-state index is -0.799. The molecule has 5 heteroatoms. The molecule has 1 fully saturated rings. The van der Waals surface area contributed by atoms with E-state index in [2.05, 4.69) is 6.92 Å². The van der Waals surface area contributed by atoms with Crippen molar-refractivity contribution < 1.29 is 22.6 Å². The van der Waals surface area contributed by atoms with Gasteiger partial charge in [-0.3, -0.25) is 0 Å². The number of benzene rings is 3. The van der Waals surface area contributed by atoms with E-state index in [1.54, 1.807) is 48.5 Å². The van der Waals surface area contributed by atoms with E-state index < -0.39 is 17.5 Å². The summed E-state index contributed by atoms with van der Waals surface area (Å²) in [5.41, 5.74) is 1.71. The summed E-state index contributed by atoms with van der Waals surface area (Å²) in [6.07, 6.45) is 9.07. The number of rotatable bonds is 10. The van der Waals surface area contributed by atoms with E-state index in [1.165, 1.54) is 38.9 Å². The summed E-state index contributed by atoms with van der Waals surface area (Å²) in [5.74, 6) is -0.164. The standard InChI is InChI=1S/C31H35F3O2/c1-3-4-5-6-21-7-9-22(10-8-21)27-17-18-28(31(34)30(27)33)23-11-14-25(15-12-23)36-20-24-13-16-26(35-2)19-29(24)32/h11-19,21-22H,3-10,20H2,1-2H3. The Kier molecular flexibility index (Phi) is 8.95. The van der Waals surface area contributed by atoms with Crippen LogP contribution in [0.15, 0.2) is 54.6 Å². The second-order valence-electron chi connectivity index (χ2n) is 9.81. The predicted octanol–water partition coefficient (Wildman–Crippen LogP) is 9.21. The van der Waals surface area contributed by atoms with E-state index in [0.29, 0.717) is 28.2 Å². The van der Waals surface area contributed by atoms with Gasteiger partial charge in [0.15, 0.2) is 11.6 Å². The minimum absolute atomic E-state index is 0.0493. The van der Waals surface area contributed by atoms with Gasteiger partial charge in [0.2, 0.25) is 0 Å². The normalized spacial score (nSPS) is 17.7. The largest absolute Gasteiger partial charge is 0.497 e. The lowest BCUT2D eigenvalue weighted by Crippen LogP contribution is -2.15. The first-order valence-corrected chi connectivity index (χ1v) is 13.0. The number of hydrogen-bond donors (Lipinski definition) is 0. The molecule has 2 nitrogen and oxygen atoms in total. The van der Waals surface area contributed by atoms with Gasteiger partial charge in [-0.25, -0.2) is 13.2 Å². The van der Waals surface area contributed by atoms with E-state index in [4.69, 9.17) is 9.47 Å². The SMILES string of the molecule is CCCCCC1CCC(c2ccc(-c3ccc(OCc4ccc(OC)cc4F)cc3)c(F)c2F)CC1. The molecule has 0 radical (unpaired) electrons. The molecule has 3 aromatic carbocycles. The zero-order valence-electron chi connectivity index (χ0n) is 21.2. The number of ether oxygens (including phenoxy) is 2. The van der Waals surface area contributed by atoms with Crippen molar-refractivity contribution in [2.75, 3.05) is 7.11 Å². The van der Waals surface area contributed by atoms with E-state index >= 15 is 8.78 Å². The molecule has 0 amide bonds. The van der Waals surface area contributed by atoms with Crippen molar-refractivity contribution in [1.82, 2.24) is 0 Å². The third kappa shape index (κ3) is 6.24. The van der Waals surface area contributed by atoms with E-state index in [-0.39, 0.29) is 18.1 Å². The Morgan fingerprint density at radius 1 is 0.806 bits per heavy atom. The maximum atomic E-state index is 15.1. The average molecular weight is 497 g/mol. The summed E-state index contributed by atoms with van der Waals surface area (Å²) < 4.78 is 55.0. The fourth-order valence-corrected chi connectivity index (χ4v) is 5.21. The number of methoxy groups -OCH3 is 1. The van der Waals surface area contributed by atoms with Crippen LogP contribution < -0.4 is 9.47 Å². The molecular weight excluding hydrogens is 461 g/mol. The molecule has 0 heterocycles. The van der Waals surface area contributed by atoms with Crippen molar-refractivity contribution >= 4 is 0 Å². The molecule has 1 saturated carbocycles. The fourth-order valence-electron chi connectivity index (χ4n) is 5.21. The topological polar surface area (TPSA) is 18.5 Å². The van der Waals surface area contributed by atoms with Crippen molar-refractivity contribution in [1.29, 1.82) is 0 Å². The van der Waals surface area contributed by atoms with E-state index in [0.717, 1.165) is 31.6 Å². The van der Waals surface area contributed by atoms with Gasteiger partial charge in [0.05, 0.1) is 7.11 Å². The summed E-state index contributed by atoms with van der Waals surface area (Å²) >= 11 is 0. The highest BCUT2D eigenvalue weighted by Gasteiger charge is 2.26. The van der Waals surface area contributed by atoms with Crippen molar-refractivity contribution in [2.45, 2.75) is 70.8 Å². The Bertz CT molecular complexity index is 1140. The van der Waals surface area contributed by atoms with Gasteiger partial charge >= 0.3 is 0 Å². The van der Waals surface area contributed by atoms with Gasteiger partial charge in [-0.05, 0) is 72.9 Å². The van der Waals surface area contributed by atoms with Crippen LogP contribution in [-0.2, 0) is 6.61 Å². The second kappa shape index (κ2) is 12.3. The molecule has 0 unspecified atom stereocenters. The third-order valence-corrected chi connectivity index (χ3v) is 7.43. The Morgan fingerprint density at radius 2 is 1.53 bits per heavy atom. The van der Waals surface area contributed by atoms with Crippen LogP contribution in [0.4, 0.5) is 13.2 Å². The van der Waals surface area contributed by atoms with Gasteiger partial charge in [-0.15, -0.1) is 0 Å². The smallest absolute Gasteiger partial charge is 0.166 e. The zero-order valence-corrected chi connectivity index (χ0v) is 21.2. The van der Waals surface area contributed by atoms with Crippen LogP contribution in [0.3, 0.4) is 0 Å². The lowest BCUT2D eigenvalue weighted by atomic mass is 9.76. The highest BCUT2D eigenvalue weighted by atomic mass is 19.2. The molecule has 3 aromatic rings. The molecule has 4 rings (SSSR count). The molecular formula is C31H35F3O2. The van der Waals surface area contributed by atoms with Crippen molar-refractivity contribution in [3.05, 3.63) is 83.2 Å². The number of hydrogen-bond acceptors (Lipinski definition) is 2. The van der Waals surface area contributed by atoms with E-state index in [9.17, 15) is 4.39 Å². The zero-order chi connectivity index (χ0) is 25.5. The Labute approximate surface area is 212 Å². The van der Waals surface area contributed by atoms with Gasteiger partial charge in [-0.2, -0.15) is 0 Å². The first-order valence-electron chi connectivity index (χ1n) is 13.0. The molecule has 192 valence electrons. The van der Waals surface area contributed by atoms with Crippen molar-refractivity contribution in [3.8, 4) is 22.6 Å². The van der Waals surface area contributed by atoms with Crippen LogP contribution in [0.1, 0.15) is 75.3 Å². The van der Waals surface area contributed by atoms with Crippen LogP contribution in [0.5, 0.6) is 11.5 Å². The fraction of sp³-hybridized carbons (Fsp3) is 0.419. The summed E-state index contributed by atoms with van der Waals surface area (Å²) in [6.45, 7) is 2.26. The van der Waals surface area contributed by atoms with Crippen molar-refractivity contribution in [2.24, 2.45) is 5.92 Å². The van der Waals surface area contributed by atoms with Crippen LogP contribution in [-0.4, -0.2) is 7.11 Å². The van der Waals surface area contributed by atoms with Crippen molar-refractivity contribution in [3.63, 3.8) is 0 Å². The van der Waals surface area contributed by atoms with Crippen LogP contribution in [0.2, 0.25) is 0 Å². The lowest BCUT2D eigenvalue weighted by Gasteiger charge is -2.29. The second-order valence-corrected chi connectivity index (χ2v) is 9.81. The predicted molar refractivity (Wildman–Crippen MR) is 138 cm³/mol. The summed E-state index contributed by atoms with van der Waals surface area (Å²) in [6, 6.07) is 14.8. The number of halogens is 3. The van der Waals surface area contributed by atoms with Gasteiger partial charge in [-0.1, -0.05) is 56.9 Å². The maximum Gasteiger partial charge on any atom is 0.166 e. The minimum Gasteiger partial charge on any atom is -0.497 e. The molecule has 0 bridgehead atoms. The summed E-state index contributed by atoms with van der Waals surface area (Å²) in [4.78, 5) is 0. The maximum absolute atomic E-state index is 15.1. The summed E-state index contributed by atoms with van der Waals surface area (Å²) in [7, 11) is 1.48. The van der Waals surface area contributed by atoms with Crippen LogP contribution in [0.25, 0.3) is 11.1 Å². The Balaban J connectivity index is 1.38. The molecule has 0 saturated heterocycles. The Hall–Kier alpha value is -2.95. The quantitative estimate of drug-likeness (QED) is 0.261. The molecule has 36 heavy (non-hydrogen) atoms. The first-order chi connectivity index (χ1) is 17.5. The lowest BCUT2D eigenvalue weighted by molar-refractivity contribution is 0.298. The number of unbranched alkanes of at least 4 members (excludes halogenated alkanes) is 2. The monoisotopic (exact) mass is 496 g/mol. The molecule has 0 atom stereocenters. The molecule has 0 spiro atoms.